The molecule has 0 bridgehead atoms. The summed E-state index contributed by atoms with van der Waals surface area (Å²) >= 11 is 6.89. The van der Waals surface area contributed by atoms with E-state index in [0.29, 0.717) is 5.56 Å². The molecule has 1 heterocycles. The maximum atomic E-state index is 14.3. The first kappa shape index (κ1) is 27.3. The van der Waals surface area contributed by atoms with Crippen molar-refractivity contribution in [1.82, 2.24) is 5.32 Å². The van der Waals surface area contributed by atoms with Gasteiger partial charge >= 0.3 is 5.97 Å². The number of amides is 2. The van der Waals surface area contributed by atoms with E-state index < -0.39 is 41.5 Å². The van der Waals surface area contributed by atoms with Crippen molar-refractivity contribution in [2.24, 2.45) is 0 Å². The minimum absolute atomic E-state index is 0. The Balaban J connectivity index is 0.00000544. The van der Waals surface area contributed by atoms with Crippen molar-refractivity contribution in [2.45, 2.75) is 52.7 Å². The Kier molecular flexibility index (Phi) is 8.83. The molecule has 11 heteroatoms. The van der Waals surface area contributed by atoms with E-state index in [1.807, 2.05) is 0 Å². The summed E-state index contributed by atoms with van der Waals surface area (Å²) < 4.78 is 19.5. The smallest absolute Gasteiger partial charge is 0.308 e. The number of nitrogens with one attached hydrogen (secondary N) is 2. The van der Waals surface area contributed by atoms with Crippen LogP contribution in [-0.2, 0) is 19.1 Å². The molecule has 2 rings (SSSR count). The van der Waals surface area contributed by atoms with Crippen molar-refractivity contribution in [1.29, 1.82) is 0 Å². The van der Waals surface area contributed by atoms with E-state index in [1.165, 1.54) is 18.5 Å². The van der Waals surface area contributed by atoms with Crippen LogP contribution in [0.4, 0.5) is 9.39 Å². The van der Waals surface area contributed by atoms with Crippen LogP contribution < -0.4 is 10.6 Å². The Morgan fingerprint density at radius 2 is 1.88 bits per heavy atom. The maximum absolute atomic E-state index is 14.3. The van der Waals surface area contributed by atoms with Gasteiger partial charge in [-0.3, -0.25) is 14.4 Å². The molecule has 1 aromatic heterocycles. The molecule has 33 heavy (non-hydrogen) atoms. The molecule has 0 aliphatic carbocycles. The van der Waals surface area contributed by atoms with Crippen LogP contribution in [-0.4, -0.2) is 35.7 Å². The van der Waals surface area contributed by atoms with Gasteiger partial charge < -0.3 is 20.2 Å². The van der Waals surface area contributed by atoms with Crippen LogP contribution in [0.2, 0.25) is 5.02 Å². The summed E-state index contributed by atoms with van der Waals surface area (Å²) in [6, 6.07) is 2.42. The largest absolute Gasteiger partial charge is 0.520 e. The molecule has 1 aromatic carbocycles. The SMILES string of the molecule is Cc1sc(NC(=O)C(CC(=O)OC(C)(C)C)N[C-]=O)c(C(=O)c2ccc(Cl)cc2F)c1C.[Fm]. The molecule has 0 fully saturated rings. The summed E-state index contributed by atoms with van der Waals surface area (Å²) in [5, 5.41) is 5.05. The van der Waals surface area contributed by atoms with Gasteiger partial charge in [-0.1, -0.05) is 11.6 Å². The molecule has 1 atom stereocenters. The van der Waals surface area contributed by atoms with Gasteiger partial charge in [-0.25, -0.2) is 4.39 Å². The number of esters is 1. The summed E-state index contributed by atoms with van der Waals surface area (Å²) in [6.45, 7) is 8.44. The average molecular weight is 739 g/mol. The molecule has 0 saturated heterocycles. The van der Waals surface area contributed by atoms with Crippen molar-refractivity contribution >= 4 is 52.0 Å². The van der Waals surface area contributed by atoms with Crippen molar-refractivity contribution in [2.75, 3.05) is 5.32 Å². The molecule has 1 unspecified atom stereocenters. The second kappa shape index (κ2) is 10.7. The van der Waals surface area contributed by atoms with Gasteiger partial charge in [0.25, 0.3) is 0 Å². The van der Waals surface area contributed by atoms with Crippen LogP contribution in [0, 0.1) is 19.7 Å². The van der Waals surface area contributed by atoms with E-state index >= 15 is 0 Å². The molecule has 0 spiro atoms. The summed E-state index contributed by atoms with van der Waals surface area (Å²) in [6.07, 6.45) is 0.967. The second-order valence-electron chi connectivity index (χ2n) is 8.02. The molecular formula is C22H23ClFFmN2O5S-. The standard InChI is InChI=1S/C22H23ClFN2O5S.Fm/c1-11-12(2)32-21(18(11)19(29)14-7-6-13(23)8-15(14)24)26-20(30)16(25-10-27)9-17(28)31-22(3,4)5;/h6-8,16H,9H2,1-5H3,(H,25,27)(H,26,30);/q-1;. The molecule has 0 aliphatic heterocycles. The number of thiophene rings is 1. The number of hydrogen-bond donors (Lipinski definition) is 2. The van der Waals surface area contributed by atoms with Gasteiger partial charge in [-0.05, 0) is 58.4 Å². The molecule has 0 radical (unpaired) electrons. The third-order valence-corrected chi connectivity index (χ3v) is 5.72. The molecule has 0 saturated carbocycles. The number of rotatable bonds is 8. The van der Waals surface area contributed by atoms with Gasteiger partial charge in [0.15, 0.2) is 5.78 Å². The number of ether oxygens (including phenoxy) is 1. The molecule has 2 amide bonds. The number of carbonyl (C=O) groups excluding carboxylic acids is 4. The third kappa shape index (κ3) is 6.85. The Bertz CT molecular complexity index is 1070. The minimum atomic E-state index is -1.28. The third-order valence-electron chi connectivity index (χ3n) is 4.37. The van der Waals surface area contributed by atoms with Gasteiger partial charge in [-0.2, -0.15) is 6.41 Å². The van der Waals surface area contributed by atoms with Gasteiger partial charge in [-0.15, -0.1) is 11.3 Å². The van der Waals surface area contributed by atoms with Crippen LogP contribution in [0.3, 0.4) is 0 Å². The predicted molar refractivity (Wildman–Crippen MR) is 120 cm³/mol. The van der Waals surface area contributed by atoms with Crippen molar-refractivity contribution in [3.63, 3.8) is 0 Å². The zero-order chi connectivity index (χ0) is 24.2. The van der Waals surface area contributed by atoms with Crippen LogP contribution >= 0.6 is 22.9 Å². The van der Waals surface area contributed by atoms with Crippen molar-refractivity contribution < 1.29 is 28.3 Å². The number of carbonyl (C=O) groups is 3. The molecule has 2 aromatic rings. The number of anilines is 1. The second-order valence-corrected chi connectivity index (χ2v) is 9.68. The van der Waals surface area contributed by atoms with Crippen LogP contribution in [0.25, 0.3) is 0 Å². The number of ketones is 1. The minimum Gasteiger partial charge on any atom is -0.520 e. The summed E-state index contributed by atoms with van der Waals surface area (Å²) in [5.74, 6) is -2.86. The zero-order valence-electron chi connectivity index (χ0n) is 18.5. The van der Waals surface area contributed by atoms with E-state index in [2.05, 4.69) is 10.6 Å². The fraction of sp³-hybridized carbons (Fsp3) is 0.364. The quantitative estimate of drug-likeness (QED) is 0.184. The monoisotopic (exact) mass is 738 g/mol. The van der Waals surface area contributed by atoms with E-state index in [0.717, 1.165) is 22.3 Å². The first-order valence-corrected chi connectivity index (χ1v) is 10.8. The Morgan fingerprint density at radius 1 is 1.24 bits per heavy atom. The van der Waals surface area contributed by atoms with Crippen LogP contribution in [0.5, 0.6) is 0 Å². The van der Waals surface area contributed by atoms with E-state index in [9.17, 15) is 23.6 Å². The van der Waals surface area contributed by atoms with Crippen molar-refractivity contribution in [3.8, 4) is 0 Å². The van der Waals surface area contributed by atoms with Gasteiger partial charge in [0.2, 0.25) is 5.91 Å². The van der Waals surface area contributed by atoms with Crippen LogP contribution in [0.15, 0.2) is 18.2 Å². The first-order chi connectivity index (χ1) is 14.8. The van der Waals surface area contributed by atoms with Gasteiger partial charge in [0.1, 0.15) is 16.4 Å². The zero-order valence-corrected chi connectivity index (χ0v) is 22.5. The summed E-state index contributed by atoms with van der Waals surface area (Å²) in [5.41, 5.74) is -0.278. The Hall–Kier alpha value is -3.78. The fourth-order valence-electron chi connectivity index (χ4n) is 2.83. The van der Waals surface area contributed by atoms with Gasteiger partial charge in [0.05, 0.1) is 23.6 Å². The first-order valence-electron chi connectivity index (χ1n) is 9.59. The van der Waals surface area contributed by atoms with E-state index in [-0.39, 0.29) is 21.2 Å². The number of hydrogen-bond acceptors (Lipinski definition) is 6. The fourth-order valence-corrected chi connectivity index (χ4v) is 4.05. The average Bonchev–Trinajstić information content (AvgIpc) is 2.92. The molecule has 0 aliphatic rings. The number of halogens is 2. The molecule has 184 valence electrons. The Morgan fingerprint density at radius 3 is 2.42 bits per heavy atom. The molecule has 7 nitrogen and oxygen atoms in total. The predicted octanol–water partition coefficient (Wildman–Crippen LogP) is 4.08. The summed E-state index contributed by atoms with van der Waals surface area (Å²) in [7, 11) is 0. The Labute approximate surface area is 194 Å². The number of aryl methyl sites for hydroxylation is 1. The summed E-state index contributed by atoms with van der Waals surface area (Å²) in [4.78, 5) is 49.5. The van der Waals surface area contributed by atoms with Crippen molar-refractivity contribution in [3.05, 3.63) is 50.6 Å². The van der Waals surface area contributed by atoms with Crippen LogP contribution in [0.1, 0.15) is 53.6 Å². The van der Waals surface area contributed by atoms with E-state index in [1.54, 1.807) is 34.6 Å². The normalized spacial score (nSPS) is 11.7. The number of benzene rings is 1. The maximum Gasteiger partial charge on any atom is 0.308 e. The van der Waals surface area contributed by atoms with Gasteiger partial charge in [0, 0.05) is 9.90 Å². The molecular weight excluding hydrogens is 716 g/mol. The van der Waals surface area contributed by atoms with E-state index in [4.69, 9.17) is 16.3 Å². The molecule has 2 N–H and O–H groups in total. The topological polar surface area (TPSA) is 102 Å².